The molecule has 1 amide bonds. The lowest BCUT2D eigenvalue weighted by Gasteiger charge is -2.24. The minimum atomic E-state index is -4.83. The van der Waals surface area contributed by atoms with Crippen molar-refractivity contribution in [1.82, 2.24) is 20.3 Å². The number of fused-ring (bicyclic) bond motifs is 3. The zero-order chi connectivity index (χ0) is 29.9. The standard InChI is InChI=1S/C28H22F5N5O4/c1-26(6-7-34)13-40-24-16(26)11-19(38-22(24)14-2-3-20-21(10-14)42-28(32,33)41-20)17(27(29,30)31)12-37-25(39)15-4-8-35-18-5-9-36-23(15)18/h2-11,17,36H,12-13,34H2,1H3,(H,37,39)/b7-6+/t17-,26+/m1/s1. The number of hydrogen-bond acceptors (Lipinski definition) is 7. The molecule has 9 nitrogen and oxygen atoms in total. The molecule has 1 aromatic carbocycles. The molecule has 2 atom stereocenters. The van der Waals surface area contributed by atoms with Gasteiger partial charge in [0.05, 0.1) is 22.3 Å². The number of aromatic nitrogens is 3. The van der Waals surface area contributed by atoms with Gasteiger partial charge in [-0.3, -0.25) is 9.78 Å². The van der Waals surface area contributed by atoms with E-state index in [2.05, 4.69) is 29.7 Å². The third-order valence-corrected chi connectivity index (χ3v) is 7.18. The van der Waals surface area contributed by atoms with Gasteiger partial charge in [0.2, 0.25) is 0 Å². The van der Waals surface area contributed by atoms with E-state index in [4.69, 9.17) is 10.5 Å². The fourth-order valence-electron chi connectivity index (χ4n) is 5.07. The number of nitrogens with one attached hydrogen (secondary N) is 2. The van der Waals surface area contributed by atoms with Crippen LogP contribution in [-0.2, 0) is 5.41 Å². The number of amides is 1. The minimum absolute atomic E-state index is 0.0268. The van der Waals surface area contributed by atoms with Crippen molar-refractivity contribution >= 4 is 16.9 Å². The van der Waals surface area contributed by atoms with E-state index >= 15 is 0 Å². The largest absolute Gasteiger partial charge is 0.586 e. The highest BCUT2D eigenvalue weighted by Gasteiger charge is 2.46. The molecule has 0 aliphatic carbocycles. The molecule has 0 fully saturated rings. The number of nitrogens with two attached hydrogens (primary N) is 1. The van der Waals surface area contributed by atoms with Crippen molar-refractivity contribution in [3.05, 3.63) is 77.9 Å². The van der Waals surface area contributed by atoms with Gasteiger partial charge in [-0.15, -0.1) is 8.78 Å². The van der Waals surface area contributed by atoms with E-state index in [1.54, 1.807) is 25.3 Å². The van der Waals surface area contributed by atoms with Crippen LogP contribution >= 0.6 is 0 Å². The summed E-state index contributed by atoms with van der Waals surface area (Å²) in [6.07, 6.45) is -2.93. The van der Waals surface area contributed by atoms with Crippen LogP contribution in [0.15, 0.2) is 61.1 Å². The third kappa shape index (κ3) is 4.72. The lowest BCUT2D eigenvalue weighted by atomic mass is 9.83. The fraction of sp³-hybridized carbons (Fsp3) is 0.250. The van der Waals surface area contributed by atoms with E-state index in [-0.39, 0.29) is 40.7 Å². The number of hydrogen-bond donors (Lipinski definition) is 3. The summed E-state index contributed by atoms with van der Waals surface area (Å²) in [5, 5.41) is 2.37. The summed E-state index contributed by atoms with van der Waals surface area (Å²) in [6.45, 7) is 0.930. The minimum Gasteiger partial charge on any atom is -0.490 e. The Morgan fingerprint density at radius 3 is 2.74 bits per heavy atom. The Kier molecular flexibility index (Phi) is 6.24. The molecule has 0 spiro atoms. The molecule has 5 heterocycles. The predicted molar refractivity (Wildman–Crippen MR) is 139 cm³/mol. The summed E-state index contributed by atoms with van der Waals surface area (Å²) >= 11 is 0. The first-order valence-electron chi connectivity index (χ1n) is 12.6. The third-order valence-electron chi connectivity index (χ3n) is 7.18. The number of aromatic amines is 1. The van der Waals surface area contributed by atoms with E-state index in [1.807, 2.05) is 0 Å². The van der Waals surface area contributed by atoms with E-state index in [9.17, 15) is 26.7 Å². The van der Waals surface area contributed by atoms with Gasteiger partial charge < -0.3 is 30.2 Å². The lowest BCUT2D eigenvalue weighted by molar-refractivity contribution is -0.286. The molecule has 4 aromatic rings. The number of nitrogens with zero attached hydrogens (tertiary/aromatic N) is 2. The fourth-order valence-corrected chi connectivity index (χ4v) is 5.07. The summed E-state index contributed by atoms with van der Waals surface area (Å²) in [6, 6.07) is 8.06. The molecular weight excluding hydrogens is 565 g/mol. The number of carbonyl (C=O) groups is 1. The SMILES string of the molecule is C[C@]1(/C=C/N)COc2c1cc([C@@H](CNC(=O)c1ccnc3cc[nH]c13)C(F)(F)F)nc2-c1ccc2c(c1)OC(F)(F)O2. The van der Waals surface area contributed by atoms with Crippen molar-refractivity contribution in [3.63, 3.8) is 0 Å². The molecule has 0 radical (unpaired) electrons. The molecule has 0 bridgehead atoms. The first-order chi connectivity index (χ1) is 19.9. The Morgan fingerprint density at radius 1 is 1.19 bits per heavy atom. The van der Waals surface area contributed by atoms with Crippen LogP contribution in [0.1, 0.15) is 34.5 Å². The van der Waals surface area contributed by atoms with Crippen LogP contribution in [0.4, 0.5) is 22.0 Å². The average Bonchev–Trinajstić information content (AvgIpc) is 3.61. The van der Waals surface area contributed by atoms with Crippen molar-refractivity contribution in [2.24, 2.45) is 5.73 Å². The molecule has 14 heteroatoms. The van der Waals surface area contributed by atoms with E-state index in [1.165, 1.54) is 42.7 Å². The van der Waals surface area contributed by atoms with Crippen LogP contribution in [0, 0.1) is 0 Å². The van der Waals surface area contributed by atoms with Crippen LogP contribution in [0.2, 0.25) is 0 Å². The van der Waals surface area contributed by atoms with Crippen LogP contribution in [0.5, 0.6) is 17.2 Å². The highest BCUT2D eigenvalue weighted by Crippen LogP contribution is 2.49. The number of pyridine rings is 2. The van der Waals surface area contributed by atoms with Crippen LogP contribution < -0.4 is 25.3 Å². The summed E-state index contributed by atoms with van der Waals surface area (Å²) in [5.74, 6) is -3.36. The summed E-state index contributed by atoms with van der Waals surface area (Å²) < 4.78 is 85.8. The van der Waals surface area contributed by atoms with Gasteiger partial charge in [-0.25, -0.2) is 4.98 Å². The maximum absolute atomic E-state index is 14.6. The number of carbonyl (C=O) groups excluding carboxylic acids is 1. The van der Waals surface area contributed by atoms with Crippen molar-refractivity contribution < 1.29 is 41.0 Å². The second kappa shape index (κ2) is 9.60. The normalized spacial score (nSPS) is 19.6. The van der Waals surface area contributed by atoms with Crippen molar-refractivity contribution in [2.75, 3.05) is 13.2 Å². The summed E-state index contributed by atoms with van der Waals surface area (Å²) in [7, 11) is 0. The molecule has 0 saturated heterocycles. The zero-order valence-electron chi connectivity index (χ0n) is 21.8. The number of benzene rings is 1. The molecule has 4 N–H and O–H groups in total. The topological polar surface area (TPSA) is 124 Å². The highest BCUT2D eigenvalue weighted by atomic mass is 19.4. The quantitative estimate of drug-likeness (QED) is 0.267. The Balaban J connectivity index is 1.42. The van der Waals surface area contributed by atoms with Crippen LogP contribution in [0.3, 0.4) is 0 Å². The number of halogens is 5. The predicted octanol–water partition coefficient (Wildman–Crippen LogP) is 5.14. The first-order valence-corrected chi connectivity index (χ1v) is 12.6. The summed E-state index contributed by atoms with van der Waals surface area (Å²) in [4.78, 5) is 24.2. The first kappa shape index (κ1) is 27.3. The van der Waals surface area contributed by atoms with Gasteiger partial charge in [0.15, 0.2) is 11.5 Å². The molecule has 0 saturated carbocycles. The van der Waals surface area contributed by atoms with Gasteiger partial charge in [-0.05, 0) is 49.5 Å². The molecule has 42 heavy (non-hydrogen) atoms. The van der Waals surface area contributed by atoms with E-state index in [0.29, 0.717) is 16.6 Å². The monoisotopic (exact) mass is 587 g/mol. The number of H-pyrrole nitrogens is 1. The van der Waals surface area contributed by atoms with Gasteiger partial charge in [0, 0.05) is 35.5 Å². The molecule has 6 rings (SSSR count). The Morgan fingerprint density at radius 2 is 1.98 bits per heavy atom. The Hall–Kier alpha value is -4.88. The smallest absolute Gasteiger partial charge is 0.490 e. The number of rotatable bonds is 6. The second-order valence-corrected chi connectivity index (χ2v) is 10.1. The zero-order valence-corrected chi connectivity index (χ0v) is 21.8. The van der Waals surface area contributed by atoms with Crippen molar-refractivity contribution in [2.45, 2.75) is 30.7 Å². The summed E-state index contributed by atoms with van der Waals surface area (Å²) in [5.41, 5.74) is 5.77. The highest BCUT2D eigenvalue weighted by molar-refractivity contribution is 6.04. The molecule has 2 aliphatic rings. The molecule has 2 aliphatic heterocycles. The number of alkyl halides is 5. The maximum atomic E-state index is 14.6. The van der Waals surface area contributed by atoms with Crippen LogP contribution in [-0.4, -0.2) is 46.5 Å². The Labute approximate surface area is 234 Å². The molecule has 218 valence electrons. The second-order valence-electron chi connectivity index (χ2n) is 10.1. The van der Waals surface area contributed by atoms with Gasteiger partial charge in [-0.2, -0.15) is 13.2 Å². The molecule has 0 unspecified atom stereocenters. The van der Waals surface area contributed by atoms with Gasteiger partial charge in [-0.1, -0.05) is 6.08 Å². The van der Waals surface area contributed by atoms with Gasteiger partial charge >= 0.3 is 12.5 Å². The van der Waals surface area contributed by atoms with E-state index < -0.39 is 41.9 Å². The van der Waals surface area contributed by atoms with E-state index in [0.717, 1.165) is 0 Å². The van der Waals surface area contributed by atoms with Crippen molar-refractivity contribution in [3.8, 4) is 28.5 Å². The van der Waals surface area contributed by atoms with Crippen LogP contribution in [0.25, 0.3) is 22.3 Å². The molecular formula is C28H22F5N5O4. The number of ether oxygens (including phenoxy) is 3. The van der Waals surface area contributed by atoms with Crippen molar-refractivity contribution in [1.29, 1.82) is 0 Å². The van der Waals surface area contributed by atoms with Gasteiger partial charge in [0.1, 0.15) is 24.0 Å². The lowest BCUT2D eigenvalue weighted by Crippen LogP contribution is -2.36. The Bertz CT molecular complexity index is 1740. The molecule has 3 aromatic heterocycles. The maximum Gasteiger partial charge on any atom is 0.586 e. The van der Waals surface area contributed by atoms with Gasteiger partial charge in [0.25, 0.3) is 5.91 Å². The average molecular weight is 588 g/mol.